The van der Waals surface area contributed by atoms with Gasteiger partial charge >= 0.3 is 18.0 Å². The minimum atomic E-state index is -0.876. The summed E-state index contributed by atoms with van der Waals surface area (Å²) in [5.74, 6) is -1.88. The minimum absolute atomic E-state index is 0.145. The second-order valence-electron chi connectivity index (χ2n) is 6.92. The van der Waals surface area contributed by atoms with Crippen molar-refractivity contribution in [2.75, 3.05) is 13.7 Å². The number of carboxylic acid groups (broad SMARTS) is 1. The molecule has 152 valence electrons. The molecule has 1 heterocycles. The van der Waals surface area contributed by atoms with Crippen molar-refractivity contribution >= 4 is 18.0 Å². The van der Waals surface area contributed by atoms with E-state index in [1.54, 1.807) is 29.2 Å². The maximum Gasteiger partial charge on any atom is 0.410 e. The smallest absolute Gasteiger partial charge is 0.410 e. The predicted molar refractivity (Wildman–Crippen MR) is 104 cm³/mol. The maximum absolute atomic E-state index is 12.7. The molecular formula is C22H23NO6. The Morgan fingerprint density at radius 1 is 1.07 bits per heavy atom. The van der Waals surface area contributed by atoms with Gasteiger partial charge < -0.3 is 19.5 Å². The molecule has 2 aromatic rings. The van der Waals surface area contributed by atoms with Crippen LogP contribution in [-0.4, -0.2) is 41.7 Å². The van der Waals surface area contributed by atoms with E-state index >= 15 is 0 Å². The summed E-state index contributed by atoms with van der Waals surface area (Å²) in [4.78, 5) is 37.5. The van der Waals surface area contributed by atoms with Gasteiger partial charge in [-0.2, -0.15) is 0 Å². The van der Waals surface area contributed by atoms with Crippen LogP contribution in [0.4, 0.5) is 4.79 Å². The lowest BCUT2D eigenvalue weighted by Gasteiger charge is -2.37. The van der Waals surface area contributed by atoms with E-state index in [0.29, 0.717) is 12.0 Å². The van der Waals surface area contributed by atoms with Crippen LogP contribution in [0.2, 0.25) is 0 Å². The first kappa shape index (κ1) is 20.4. The molecule has 0 radical (unpaired) electrons. The van der Waals surface area contributed by atoms with Crippen LogP contribution in [-0.2, 0) is 20.9 Å². The highest BCUT2D eigenvalue weighted by Gasteiger charge is 2.36. The van der Waals surface area contributed by atoms with Crippen molar-refractivity contribution in [3.63, 3.8) is 0 Å². The summed E-state index contributed by atoms with van der Waals surface area (Å²) in [6.07, 6.45) is 0.166. The van der Waals surface area contributed by atoms with Crippen molar-refractivity contribution in [3.05, 3.63) is 71.3 Å². The van der Waals surface area contributed by atoms with E-state index in [1.165, 1.54) is 7.11 Å². The lowest BCUT2D eigenvalue weighted by atomic mass is 9.87. The summed E-state index contributed by atoms with van der Waals surface area (Å²) < 4.78 is 10.2. The molecule has 29 heavy (non-hydrogen) atoms. The van der Waals surface area contributed by atoms with Crippen LogP contribution in [0.3, 0.4) is 0 Å². The van der Waals surface area contributed by atoms with E-state index in [4.69, 9.17) is 9.47 Å². The van der Waals surface area contributed by atoms with Gasteiger partial charge in [-0.15, -0.1) is 0 Å². The Labute approximate surface area is 168 Å². The van der Waals surface area contributed by atoms with Gasteiger partial charge in [0, 0.05) is 6.54 Å². The Kier molecular flexibility index (Phi) is 6.49. The number of nitrogens with zero attached hydrogens (tertiary/aromatic N) is 1. The predicted octanol–water partition coefficient (Wildman–Crippen LogP) is 3.65. The number of likely N-dealkylation sites (tertiary alicyclic amines) is 1. The van der Waals surface area contributed by atoms with E-state index < -0.39 is 30.0 Å². The third-order valence-corrected chi connectivity index (χ3v) is 5.11. The number of carboxylic acids is 1. The van der Waals surface area contributed by atoms with Gasteiger partial charge in [-0.3, -0.25) is 4.79 Å². The first-order valence-electron chi connectivity index (χ1n) is 9.38. The number of benzene rings is 2. The molecule has 0 aliphatic carbocycles. The van der Waals surface area contributed by atoms with Crippen LogP contribution in [0.1, 0.15) is 40.4 Å². The first-order chi connectivity index (χ1) is 14.0. The number of rotatable bonds is 5. The number of amides is 1. The molecule has 0 unspecified atom stereocenters. The summed E-state index contributed by atoms with van der Waals surface area (Å²) in [6, 6.07) is 15.6. The van der Waals surface area contributed by atoms with Crippen LogP contribution < -0.4 is 0 Å². The van der Waals surface area contributed by atoms with Gasteiger partial charge in [-0.05, 0) is 36.1 Å². The van der Waals surface area contributed by atoms with E-state index in [2.05, 4.69) is 0 Å². The van der Waals surface area contributed by atoms with Crippen LogP contribution >= 0.6 is 0 Å². The Hall–Kier alpha value is -3.35. The molecule has 1 fully saturated rings. The second-order valence-corrected chi connectivity index (χ2v) is 6.92. The van der Waals surface area contributed by atoms with Crippen molar-refractivity contribution < 1.29 is 29.0 Å². The molecule has 1 saturated heterocycles. The molecule has 0 bridgehead atoms. The molecule has 7 heteroatoms. The van der Waals surface area contributed by atoms with Crippen LogP contribution in [0, 0.1) is 5.92 Å². The number of carbonyl (C=O) groups excluding carboxylic acids is 2. The van der Waals surface area contributed by atoms with E-state index in [9.17, 15) is 19.5 Å². The summed E-state index contributed by atoms with van der Waals surface area (Å²) >= 11 is 0. The summed E-state index contributed by atoms with van der Waals surface area (Å²) in [5.41, 5.74) is 2.01. The van der Waals surface area contributed by atoms with E-state index in [-0.39, 0.29) is 19.6 Å². The van der Waals surface area contributed by atoms with Gasteiger partial charge in [-0.1, -0.05) is 42.5 Å². The highest BCUT2D eigenvalue weighted by Crippen LogP contribution is 2.35. The molecule has 0 saturated carbocycles. The highest BCUT2D eigenvalue weighted by molar-refractivity contribution is 5.89. The van der Waals surface area contributed by atoms with E-state index in [0.717, 1.165) is 11.1 Å². The number of hydrogen-bond acceptors (Lipinski definition) is 5. The van der Waals surface area contributed by atoms with Crippen molar-refractivity contribution in [3.8, 4) is 0 Å². The molecule has 7 nitrogen and oxygen atoms in total. The van der Waals surface area contributed by atoms with Gasteiger partial charge in [0.2, 0.25) is 0 Å². The summed E-state index contributed by atoms with van der Waals surface area (Å²) in [6.45, 7) is 0.431. The summed E-state index contributed by atoms with van der Waals surface area (Å²) in [7, 11) is 1.30. The number of methoxy groups -OCH3 is 1. The summed E-state index contributed by atoms with van der Waals surface area (Å²) in [5, 5.41) is 9.43. The maximum atomic E-state index is 12.7. The van der Waals surface area contributed by atoms with Gasteiger partial charge in [-0.25, -0.2) is 9.59 Å². The fraction of sp³-hybridized carbons (Fsp3) is 0.318. The number of carbonyl (C=O) groups is 3. The van der Waals surface area contributed by atoms with Gasteiger partial charge in [0.25, 0.3) is 0 Å². The van der Waals surface area contributed by atoms with Crippen molar-refractivity contribution in [1.82, 2.24) is 4.90 Å². The van der Waals surface area contributed by atoms with Crippen molar-refractivity contribution in [1.29, 1.82) is 0 Å². The third kappa shape index (κ3) is 4.93. The zero-order chi connectivity index (χ0) is 20.8. The Morgan fingerprint density at radius 2 is 1.76 bits per heavy atom. The average Bonchev–Trinajstić information content (AvgIpc) is 2.77. The number of hydrogen-bond donors (Lipinski definition) is 1. The molecule has 3 rings (SSSR count). The molecule has 0 spiro atoms. The zero-order valence-electron chi connectivity index (χ0n) is 16.1. The molecule has 1 amide bonds. The number of esters is 1. The fourth-order valence-electron chi connectivity index (χ4n) is 3.49. The second kappa shape index (κ2) is 9.23. The Morgan fingerprint density at radius 3 is 2.38 bits per heavy atom. The molecule has 1 aliphatic heterocycles. The van der Waals surface area contributed by atoms with Gasteiger partial charge in [0.05, 0.1) is 24.6 Å². The zero-order valence-corrected chi connectivity index (χ0v) is 16.1. The molecular weight excluding hydrogens is 374 g/mol. The number of ether oxygens (including phenoxy) is 2. The molecule has 1 N–H and O–H groups in total. The van der Waals surface area contributed by atoms with Crippen LogP contribution in [0.15, 0.2) is 54.6 Å². The quantitative estimate of drug-likeness (QED) is 0.774. The topological polar surface area (TPSA) is 93.1 Å². The average molecular weight is 397 g/mol. The monoisotopic (exact) mass is 397 g/mol. The largest absolute Gasteiger partial charge is 0.481 e. The SMILES string of the molecule is COC(=O)c1ccc([C@H]2C[C@@H](C(=O)O)CCN2C(=O)OCc2ccccc2)cc1. The van der Waals surface area contributed by atoms with Crippen molar-refractivity contribution in [2.24, 2.45) is 5.92 Å². The normalized spacial score (nSPS) is 18.7. The first-order valence-corrected chi connectivity index (χ1v) is 9.38. The van der Waals surface area contributed by atoms with Gasteiger partial charge in [0.1, 0.15) is 6.61 Å². The van der Waals surface area contributed by atoms with Gasteiger partial charge in [0.15, 0.2) is 0 Å². The Balaban J connectivity index is 1.77. The lowest BCUT2D eigenvalue weighted by molar-refractivity contribution is -0.144. The van der Waals surface area contributed by atoms with Crippen molar-refractivity contribution in [2.45, 2.75) is 25.5 Å². The number of piperidine rings is 1. The molecule has 2 aromatic carbocycles. The Bertz CT molecular complexity index is 865. The highest BCUT2D eigenvalue weighted by atomic mass is 16.6. The van der Waals surface area contributed by atoms with Crippen LogP contribution in [0.5, 0.6) is 0 Å². The number of aliphatic carboxylic acids is 1. The minimum Gasteiger partial charge on any atom is -0.481 e. The molecule has 2 atom stereocenters. The van der Waals surface area contributed by atoms with Crippen LogP contribution in [0.25, 0.3) is 0 Å². The fourth-order valence-corrected chi connectivity index (χ4v) is 3.49. The molecule has 1 aliphatic rings. The standard InChI is InChI=1S/C22H23NO6/c1-28-21(26)17-9-7-16(8-10-17)19-13-18(20(24)25)11-12-23(19)22(27)29-14-15-5-3-2-4-6-15/h2-10,18-19H,11-14H2,1H3,(H,24,25)/t18-,19+/m0/s1. The third-order valence-electron chi connectivity index (χ3n) is 5.11. The lowest BCUT2D eigenvalue weighted by Crippen LogP contribution is -2.42. The van der Waals surface area contributed by atoms with E-state index in [1.807, 2.05) is 30.3 Å². The molecule has 0 aromatic heterocycles.